The number of benzene rings is 2. The molecule has 0 saturated carbocycles. The number of phenolic OH excluding ortho intramolecular Hbond substituents is 1. The van der Waals surface area contributed by atoms with Crippen molar-refractivity contribution in [1.82, 2.24) is 0 Å². The van der Waals surface area contributed by atoms with Crippen molar-refractivity contribution in [3.05, 3.63) is 53.6 Å². The van der Waals surface area contributed by atoms with E-state index in [0.29, 0.717) is 0 Å². The van der Waals surface area contributed by atoms with Crippen molar-refractivity contribution < 1.29 is 13.5 Å². The van der Waals surface area contributed by atoms with Crippen LogP contribution in [0.3, 0.4) is 0 Å². The first kappa shape index (κ1) is 12.0. The van der Waals surface area contributed by atoms with Gasteiger partial charge in [-0.15, -0.1) is 0 Å². The fraction of sp³-hybridized carbons (Fsp3) is 0. The van der Waals surface area contributed by atoms with Crippen molar-refractivity contribution in [2.45, 2.75) is 9.79 Å². The number of para-hydroxylation sites is 1. The Balaban J connectivity index is 2.67. The summed E-state index contributed by atoms with van der Waals surface area (Å²) in [4.78, 5) is -0.156. The van der Waals surface area contributed by atoms with E-state index in [1.807, 2.05) is 0 Å². The quantitative estimate of drug-likeness (QED) is 0.911. The number of sulfone groups is 1. The second kappa shape index (κ2) is 4.39. The lowest BCUT2D eigenvalue weighted by atomic mass is 10.3. The van der Waals surface area contributed by atoms with Crippen molar-refractivity contribution in [2.24, 2.45) is 0 Å². The Morgan fingerprint density at radius 2 is 1.41 bits per heavy atom. The average Bonchev–Trinajstić information content (AvgIpc) is 2.29. The highest BCUT2D eigenvalue weighted by Crippen LogP contribution is 2.31. The zero-order valence-corrected chi connectivity index (χ0v) is 10.2. The third-order valence-electron chi connectivity index (χ3n) is 2.28. The minimum Gasteiger partial charge on any atom is -0.507 e. The van der Waals surface area contributed by atoms with E-state index in [-0.39, 0.29) is 20.6 Å². The van der Waals surface area contributed by atoms with Gasteiger partial charge in [0, 0.05) is 0 Å². The van der Waals surface area contributed by atoms with Crippen LogP contribution in [0, 0.1) is 0 Å². The molecule has 0 aliphatic carbocycles. The maximum absolute atomic E-state index is 12.2. The molecule has 0 fully saturated rings. The molecule has 2 rings (SSSR count). The van der Waals surface area contributed by atoms with Gasteiger partial charge >= 0.3 is 0 Å². The molecule has 0 bridgehead atoms. The molecule has 0 aliphatic rings. The number of halogens is 1. The molecule has 5 heteroatoms. The summed E-state index contributed by atoms with van der Waals surface area (Å²) in [5, 5.41) is 9.71. The van der Waals surface area contributed by atoms with Gasteiger partial charge < -0.3 is 5.11 Å². The Morgan fingerprint density at radius 3 is 2.00 bits per heavy atom. The molecule has 0 heterocycles. The summed E-state index contributed by atoms with van der Waals surface area (Å²) < 4.78 is 24.5. The lowest BCUT2D eigenvalue weighted by molar-refractivity contribution is 0.459. The second-order valence-corrected chi connectivity index (χ2v) is 5.70. The molecule has 1 N–H and O–H groups in total. The summed E-state index contributed by atoms with van der Waals surface area (Å²) >= 11 is 5.85. The molecule has 2 aromatic carbocycles. The highest BCUT2D eigenvalue weighted by molar-refractivity contribution is 7.91. The normalized spacial score (nSPS) is 11.4. The fourth-order valence-corrected chi connectivity index (χ4v) is 3.33. The molecule has 0 aromatic heterocycles. The van der Waals surface area contributed by atoms with Crippen LogP contribution in [0.2, 0.25) is 5.02 Å². The zero-order chi connectivity index (χ0) is 12.5. The standard InChI is InChI=1S/C12H9ClO3S/c13-9-5-1-3-7-11(9)17(15,16)12-8-4-2-6-10(12)14/h1-8,14H. The first-order valence-electron chi connectivity index (χ1n) is 4.81. The highest BCUT2D eigenvalue weighted by Gasteiger charge is 2.23. The number of hydrogen-bond acceptors (Lipinski definition) is 3. The summed E-state index contributed by atoms with van der Waals surface area (Å²) in [7, 11) is -3.78. The van der Waals surface area contributed by atoms with Crippen molar-refractivity contribution in [3.63, 3.8) is 0 Å². The van der Waals surface area contributed by atoms with Crippen molar-refractivity contribution in [1.29, 1.82) is 0 Å². The SMILES string of the molecule is O=S(=O)(c1ccccc1O)c1ccccc1Cl. The van der Waals surface area contributed by atoms with Crippen LogP contribution in [0.4, 0.5) is 0 Å². The van der Waals surface area contributed by atoms with Crippen LogP contribution in [0.1, 0.15) is 0 Å². The largest absolute Gasteiger partial charge is 0.507 e. The first-order chi connectivity index (χ1) is 8.03. The summed E-state index contributed by atoms with van der Waals surface area (Å²) in [6.07, 6.45) is 0. The van der Waals surface area contributed by atoms with Crippen LogP contribution in [0.5, 0.6) is 5.75 Å². The van der Waals surface area contributed by atoms with Gasteiger partial charge in [-0.3, -0.25) is 0 Å². The van der Waals surface area contributed by atoms with E-state index >= 15 is 0 Å². The summed E-state index contributed by atoms with van der Waals surface area (Å²) in [5.74, 6) is -0.285. The minimum absolute atomic E-state index is 0.0110. The molecule has 0 radical (unpaired) electrons. The van der Waals surface area contributed by atoms with E-state index in [2.05, 4.69) is 0 Å². The van der Waals surface area contributed by atoms with Gasteiger partial charge in [-0.25, -0.2) is 8.42 Å². The number of aromatic hydroxyl groups is 1. The molecule has 0 unspecified atom stereocenters. The lowest BCUT2D eigenvalue weighted by Gasteiger charge is -2.07. The Kier molecular flexibility index (Phi) is 3.09. The molecule has 2 aromatic rings. The summed E-state index contributed by atoms with van der Waals surface area (Å²) in [5.41, 5.74) is 0. The van der Waals surface area contributed by atoms with E-state index in [1.54, 1.807) is 24.3 Å². The second-order valence-electron chi connectivity index (χ2n) is 3.40. The van der Waals surface area contributed by atoms with Crippen LogP contribution >= 0.6 is 11.6 Å². The summed E-state index contributed by atoms with van der Waals surface area (Å²) in [6.45, 7) is 0. The number of phenols is 1. The molecule has 0 amide bonds. The van der Waals surface area contributed by atoms with Crippen LogP contribution < -0.4 is 0 Å². The van der Waals surface area contributed by atoms with Gasteiger partial charge in [0.05, 0.1) is 9.92 Å². The maximum Gasteiger partial charge on any atom is 0.211 e. The topological polar surface area (TPSA) is 54.4 Å². The van der Waals surface area contributed by atoms with E-state index in [4.69, 9.17) is 11.6 Å². The molecule has 17 heavy (non-hydrogen) atoms. The smallest absolute Gasteiger partial charge is 0.211 e. The fourth-order valence-electron chi connectivity index (χ4n) is 1.47. The van der Waals surface area contributed by atoms with E-state index < -0.39 is 9.84 Å². The van der Waals surface area contributed by atoms with Crippen molar-refractivity contribution in [3.8, 4) is 5.75 Å². The molecular formula is C12H9ClO3S. The van der Waals surface area contributed by atoms with Crippen molar-refractivity contribution in [2.75, 3.05) is 0 Å². The average molecular weight is 269 g/mol. The maximum atomic E-state index is 12.2. The van der Waals surface area contributed by atoms with E-state index in [9.17, 15) is 13.5 Å². The Labute approximate surface area is 104 Å². The first-order valence-corrected chi connectivity index (χ1v) is 6.67. The monoisotopic (exact) mass is 268 g/mol. The van der Waals surface area contributed by atoms with Gasteiger partial charge in [0.15, 0.2) is 0 Å². The molecule has 0 saturated heterocycles. The van der Waals surface area contributed by atoms with Gasteiger partial charge in [0.1, 0.15) is 10.6 Å². The zero-order valence-electron chi connectivity index (χ0n) is 8.67. The Morgan fingerprint density at radius 1 is 0.882 bits per heavy atom. The van der Waals surface area contributed by atoms with Gasteiger partial charge in [-0.2, -0.15) is 0 Å². The van der Waals surface area contributed by atoms with Crippen LogP contribution in [-0.2, 0) is 9.84 Å². The summed E-state index contributed by atoms with van der Waals surface area (Å²) in [6, 6.07) is 11.9. The van der Waals surface area contributed by atoms with Crippen LogP contribution in [-0.4, -0.2) is 13.5 Å². The lowest BCUT2D eigenvalue weighted by Crippen LogP contribution is -2.02. The molecule has 3 nitrogen and oxygen atoms in total. The van der Waals surface area contributed by atoms with E-state index in [0.717, 1.165) is 0 Å². The molecular weight excluding hydrogens is 260 g/mol. The van der Waals surface area contributed by atoms with Crippen molar-refractivity contribution >= 4 is 21.4 Å². The Hall–Kier alpha value is -1.52. The molecule has 0 spiro atoms. The highest BCUT2D eigenvalue weighted by atomic mass is 35.5. The molecule has 88 valence electrons. The third-order valence-corrected chi connectivity index (χ3v) is 4.58. The van der Waals surface area contributed by atoms with Crippen LogP contribution in [0.25, 0.3) is 0 Å². The predicted octanol–water partition coefficient (Wildman–Crippen LogP) is 2.88. The van der Waals surface area contributed by atoms with Gasteiger partial charge in [0.25, 0.3) is 0 Å². The molecule has 0 atom stereocenters. The molecule has 0 aliphatic heterocycles. The number of rotatable bonds is 2. The minimum atomic E-state index is -3.78. The third kappa shape index (κ3) is 2.14. The van der Waals surface area contributed by atoms with Gasteiger partial charge in [-0.1, -0.05) is 35.9 Å². The Bertz CT molecular complexity index is 599. The predicted molar refractivity (Wildman–Crippen MR) is 65.0 cm³/mol. The van der Waals surface area contributed by atoms with Gasteiger partial charge in [0.2, 0.25) is 9.84 Å². The van der Waals surface area contributed by atoms with E-state index in [1.165, 1.54) is 24.3 Å². The van der Waals surface area contributed by atoms with Crippen LogP contribution in [0.15, 0.2) is 58.3 Å². The van der Waals surface area contributed by atoms with Gasteiger partial charge in [-0.05, 0) is 24.3 Å². The number of hydrogen-bond donors (Lipinski definition) is 1.